The summed E-state index contributed by atoms with van der Waals surface area (Å²) in [5.74, 6) is -0.0262. The summed E-state index contributed by atoms with van der Waals surface area (Å²) in [7, 11) is 0. The van der Waals surface area contributed by atoms with E-state index in [-0.39, 0.29) is 5.91 Å². The molecule has 2 fully saturated rings. The molecule has 0 radical (unpaired) electrons. The molecule has 5 rings (SSSR count). The van der Waals surface area contributed by atoms with Crippen molar-refractivity contribution in [3.05, 3.63) is 59.4 Å². The Bertz CT molecular complexity index is 1100. The van der Waals surface area contributed by atoms with Crippen LogP contribution < -0.4 is 10.2 Å². The Morgan fingerprint density at radius 2 is 1.85 bits per heavy atom. The highest BCUT2D eigenvalue weighted by molar-refractivity contribution is 6.30. The van der Waals surface area contributed by atoms with E-state index < -0.39 is 0 Å². The van der Waals surface area contributed by atoms with Crippen LogP contribution in [0.3, 0.4) is 0 Å². The number of anilines is 1. The number of amides is 1. The lowest BCUT2D eigenvalue weighted by Crippen LogP contribution is -2.48. The van der Waals surface area contributed by atoms with Gasteiger partial charge in [-0.1, -0.05) is 36.9 Å². The maximum atomic E-state index is 12.7. The van der Waals surface area contributed by atoms with Gasteiger partial charge in [-0.2, -0.15) is 0 Å². The van der Waals surface area contributed by atoms with Gasteiger partial charge in [0.1, 0.15) is 0 Å². The Hall–Kier alpha value is -2.57. The first-order valence-corrected chi connectivity index (χ1v) is 12.5. The highest BCUT2D eigenvalue weighted by Gasteiger charge is 2.19. The zero-order valence-electron chi connectivity index (χ0n) is 19.0. The fraction of sp³-hybridized carbons (Fsp3) is 0.462. The lowest BCUT2D eigenvalue weighted by Gasteiger charge is -2.36. The highest BCUT2D eigenvalue weighted by atomic mass is 35.5. The lowest BCUT2D eigenvalue weighted by molar-refractivity contribution is 0.0948. The topological polar surface area (TPSA) is 53.4 Å². The zero-order chi connectivity index (χ0) is 22.6. The van der Waals surface area contributed by atoms with Gasteiger partial charge in [-0.3, -0.25) is 9.69 Å². The van der Waals surface area contributed by atoms with Crippen LogP contribution in [0, 0.1) is 0 Å². The first kappa shape index (κ1) is 22.2. The van der Waals surface area contributed by atoms with Gasteiger partial charge in [0.25, 0.3) is 5.91 Å². The smallest absolute Gasteiger partial charge is 0.251 e. The molecule has 0 bridgehead atoms. The number of carbonyl (C=O) groups is 1. The number of carbonyl (C=O) groups excluding carboxylic acids is 1. The second kappa shape index (κ2) is 10.1. The van der Waals surface area contributed by atoms with Crippen LogP contribution in [0.15, 0.2) is 48.8 Å². The van der Waals surface area contributed by atoms with Crippen molar-refractivity contribution in [3.63, 3.8) is 0 Å². The Kier molecular flexibility index (Phi) is 6.83. The average Bonchev–Trinajstić information content (AvgIpc) is 3.28. The maximum Gasteiger partial charge on any atom is 0.251 e. The lowest BCUT2D eigenvalue weighted by atomic mass is 9.95. The minimum atomic E-state index is -0.0262. The van der Waals surface area contributed by atoms with E-state index in [1.807, 2.05) is 36.7 Å². The van der Waals surface area contributed by atoms with Crippen LogP contribution in [-0.4, -0.2) is 59.6 Å². The fourth-order valence-corrected chi connectivity index (χ4v) is 5.34. The second-order valence-corrected chi connectivity index (χ2v) is 9.65. The van der Waals surface area contributed by atoms with Crippen molar-refractivity contribution in [3.8, 4) is 0 Å². The molecule has 1 N–H and O–H groups in total. The van der Waals surface area contributed by atoms with Crippen LogP contribution in [0.5, 0.6) is 0 Å². The van der Waals surface area contributed by atoms with Crippen LogP contribution in [0.2, 0.25) is 5.02 Å². The molecule has 174 valence electrons. The number of rotatable bonds is 6. The van der Waals surface area contributed by atoms with Crippen molar-refractivity contribution in [2.45, 2.75) is 38.1 Å². The summed E-state index contributed by atoms with van der Waals surface area (Å²) in [6, 6.07) is 14.5. The molecule has 2 aromatic carbocycles. The van der Waals surface area contributed by atoms with Gasteiger partial charge in [-0.05, 0) is 49.2 Å². The van der Waals surface area contributed by atoms with Crippen molar-refractivity contribution in [1.82, 2.24) is 19.8 Å². The van der Waals surface area contributed by atoms with Gasteiger partial charge in [-0.25, -0.2) is 4.98 Å². The number of fused-ring (bicyclic) bond motifs is 1. The second-order valence-electron chi connectivity index (χ2n) is 9.21. The molecule has 33 heavy (non-hydrogen) atoms. The summed E-state index contributed by atoms with van der Waals surface area (Å²) in [6.07, 6.45) is 8.32. The fourth-order valence-electron chi connectivity index (χ4n) is 5.16. The molecular formula is C26H32ClN5O. The van der Waals surface area contributed by atoms with Gasteiger partial charge in [0.05, 0.1) is 17.4 Å². The summed E-state index contributed by atoms with van der Waals surface area (Å²) in [4.78, 5) is 22.1. The van der Waals surface area contributed by atoms with Gasteiger partial charge in [-0.15, -0.1) is 0 Å². The quantitative estimate of drug-likeness (QED) is 0.571. The van der Waals surface area contributed by atoms with E-state index in [0.717, 1.165) is 48.8 Å². The van der Waals surface area contributed by atoms with Gasteiger partial charge < -0.3 is 14.8 Å². The number of piperazine rings is 1. The van der Waals surface area contributed by atoms with E-state index in [4.69, 9.17) is 11.6 Å². The minimum absolute atomic E-state index is 0.0262. The van der Waals surface area contributed by atoms with E-state index in [1.54, 1.807) is 0 Å². The van der Waals surface area contributed by atoms with Crippen molar-refractivity contribution in [2.75, 3.05) is 44.2 Å². The van der Waals surface area contributed by atoms with Gasteiger partial charge in [0.15, 0.2) is 0 Å². The van der Waals surface area contributed by atoms with Crippen molar-refractivity contribution in [2.24, 2.45) is 0 Å². The van der Waals surface area contributed by atoms with Crippen LogP contribution in [0.25, 0.3) is 11.0 Å². The summed E-state index contributed by atoms with van der Waals surface area (Å²) in [5, 5.41) is 3.86. The van der Waals surface area contributed by atoms with Crippen LogP contribution in [0.1, 0.15) is 48.5 Å². The number of nitrogens with zero attached hydrogens (tertiary/aromatic N) is 4. The molecule has 0 unspecified atom stereocenters. The predicted molar refractivity (Wildman–Crippen MR) is 134 cm³/mol. The van der Waals surface area contributed by atoms with E-state index in [2.05, 4.69) is 36.8 Å². The highest BCUT2D eigenvalue weighted by Crippen LogP contribution is 2.31. The van der Waals surface area contributed by atoms with Gasteiger partial charge >= 0.3 is 0 Å². The number of nitrogens with one attached hydrogen (secondary N) is 1. The summed E-state index contributed by atoms with van der Waals surface area (Å²) in [6.45, 7) is 5.39. The molecule has 6 nitrogen and oxygen atoms in total. The molecule has 1 aliphatic heterocycles. The minimum Gasteiger partial charge on any atom is -0.369 e. The summed E-state index contributed by atoms with van der Waals surface area (Å²) >= 11 is 6.13. The van der Waals surface area contributed by atoms with Crippen LogP contribution in [0.4, 0.5) is 5.69 Å². The van der Waals surface area contributed by atoms with Crippen molar-refractivity contribution >= 4 is 34.2 Å². The van der Waals surface area contributed by atoms with E-state index in [1.165, 1.54) is 37.8 Å². The molecule has 0 atom stereocenters. The number of hydrogen-bond donors (Lipinski definition) is 1. The molecule has 2 heterocycles. The molecule has 0 spiro atoms. The third kappa shape index (κ3) is 5.17. The Labute approximate surface area is 200 Å². The third-order valence-corrected chi connectivity index (χ3v) is 7.30. The Morgan fingerprint density at radius 3 is 2.64 bits per heavy atom. The molecule has 2 aliphatic rings. The monoisotopic (exact) mass is 465 g/mol. The largest absolute Gasteiger partial charge is 0.369 e. The molecule has 1 saturated carbocycles. The average molecular weight is 466 g/mol. The molecule has 1 aromatic heterocycles. The summed E-state index contributed by atoms with van der Waals surface area (Å²) < 4.78 is 2.30. The molecule has 7 heteroatoms. The number of benzene rings is 2. The molecule has 1 amide bonds. The maximum absolute atomic E-state index is 12.7. The predicted octanol–water partition coefficient (Wildman–Crippen LogP) is 4.75. The normalized spacial score (nSPS) is 18.0. The van der Waals surface area contributed by atoms with E-state index >= 15 is 0 Å². The molecular weight excluding hydrogens is 434 g/mol. The zero-order valence-corrected chi connectivity index (χ0v) is 19.8. The van der Waals surface area contributed by atoms with Crippen LogP contribution >= 0.6 is 11.6 Å². The number of hydrogen-bond acceptors (Lipinski definition) is 4. The SMILES string of the molecule is O=C(NCCN1CCN(c2cccc(Cl)c2)CC1)c1ccc2c(c1)ncn2C1CCCCC1. The first-order chi connectivity index (χ1) is 16.2. The number of imidazole rings is 1. The van der Waals surface area contributed by atoms with Crippen LogP contribution in [-0.2, 0) is 0 Å². The standard InChI is InChI=1S/C26H32ClN5O/c27-21-5-4-8-23(18-21)31-15-13-30(14-16-31)12-11-28-26(33)20-9-10-25-24(17-20)29-19-32(25)22-6-2-1-3-7-22/h4-5,8-10,17-19,22H,1-3,6-7,11-16H2,(H,28,33). The van der Waals surface area contributed by atoms with E-state index in [0.29, 0.717) is 18.2 Å². The first-order valence-electron chi connectivity index (χ1n) is 12.1. The van der Waals surface area contributed by atoms with Crippen molar-refractivity contribution < 1.29 is 4.79 Å². The molecule has 3 aromatic rings. The molecule has 1 aliphatic carbocycles. The Morgan fingerprint density at radius 1 is 1.03 bits per heavy atom. The van der Waals surface area contributed by atoms with Gasteiger partial charge in [0, 0.05) is 61.6 Å². The molecule has 1 saturated heterocycles. The Balaban J connectivity index is 1.11. The van der Waals surface area contributed by atoms with Crippen molar-refractivity contribution in [1.29, 1.82) is 0 Å². The summed E-state index contributed by atoms with van der Waals surface area (Å²) in [5.41, 5.74) is 3.90. The number of aromatic nitrogens is 2. The van der Waals surface area contributed by atoms with Gasteiger partial charge in [0.2, 0.25) is 0 Å². The third-order valence-electron chi connectivity index (χ3n) is 7.06. The van der Waals surface area contributed by atoms with E-state index in [9.17, 15) is 4.79 Å². The number of halogens is 1.